The number of carbonyl (C=O) groups excluding carboxylic acids is 1. The summed E-state index contributed by atoms with van der Waals surface area (Å²) in [6.07, 6.45) is 4.86. The third kappa shape index (κ3) is 3.62. The SMILES string of the molecule is CC(=O)c1cc(CN(C)Cc2noc(C3CCCC3)n2)cs1. The molecule has 2 aromatic rings. The minimum atomic E-state index is 0.123. The van der Waals surface area contributed by atoms with Crippen LogP contribution in [0.15, 0.2) is 16.0 Å². The Balaban J connectivity index is 1.56. The molecule has 0 amide bonds. The molecule has 0 bridgehead atoms. The molecule has 5 nitrogen and oxygen atoms in total. The number of rotatable bonds is 6. The van der Waals surface area contributed by atoms with E-state index in [9.17, 15) is 4.79 Å². The highest BCUT2D eigenvalue weighted by Gasteiger charge is 2.23. The Kier molecular flexibility index (Phi) is 4.69. The molecular weight excluding hydrogens is 298 g/mol. The number of hydrogen-bond donors (Lipinski definition) is 0. The average Bonchev–Trinajstić information content (AvgIpc) is 3.18. The van der Waals surface area contributed by atoms with Crippen molar-refractivity contribution in [3.63, 3.8) is 0 Å². The summed E-state index contributed by atoms with van der Waals surface area (Å²) >= 11 is 1.50. The topological polar surface area (TPSA) is 59.2 Å². The number of ketones is 1. The first kappa shape index (κ1) is 15.4. The lowest BCUT2D eigenvalue weighted by Crippen LogP contribution is -2.17. The molecule has 0 atom stereocenters. The van der Waals surface area contributed by atoms with E-state index in [-0.39, 0.29) is 5.78 Å². The predicted octanol–water partition coefficient (Wildman–Crippen LogP) is 3.62. The van der Waals surface area contributed by atoms with Gasteiger partial charge in [-0.3, -0.25) is 9.69 Å². The van der Waals surface area contributed by atoms with Crippen molar-refractivity contribution in [2.24, 2.45) is 0 Å². The molecule has 2 aromatic heterocycles. The molecule has 1 aliphatic rings. The van der Waals surface area contributed by atoms with Gasteiger partial charge in [-0.25, -0.2) is 0 Å². The molecule has 0 N–H and O–H groups in total. The first-order valence-electron chi connectivity index (χ1n) is 7.71. The number of carbonyl (C=O) groups is 1. The molecule has 22 heavy (non-hydrogen) atoms. The van der Waals surface area contributed by atoms with E-state index in [2.05, 4.69) is 15.0 Å². The highest BCUT2D eigenvalue weighted by molar-refractivity contribution is 7.12. The zero-order chi connectivity index (χ0) is 15.5. The van der Waals surface area contributed by atoms with Crippen LogP contribution in [0, 0.1) is 0 Å². The summed E-state index contributed by atoms with van der Waals surface area (Å²) < 4.78 is 5.40. The maximum absolute atomic E-state index is 11.3. The number of hydrogen-bond acceptors (Lipinski definition) is 6. The number of thiophene rings is 1. The highest BCUT2D eigenvalue weighted by atomic mass is 32.1. The molecule has 0 aliphatic heterocycles. The summed E-state index contributed by atoms with van der Waals surface area (Å²) in [5.41, 5.74) is 1.15. The molecule has 0 saturated heterocycles. The summed E-state index contributed by atoms with van der Waals surface area (Å²) in [5, 5.41) is 6.13. The minimum absolute atomic E-state index is 0.123. The molecule has 118 valence electrons. The lowest BCUT2D eigenvalue weighted by Gasteiger charge is -2.12. The van der Waals surface area contributed by atoms with Crippen LogP contribution in [-0.2, 0) is 13.1 Å². The Morgan fingerprint density at radius 2 is 2.18 bits per heavy atom. The van der Waals surface area contributed by atoms with E-state index < -0.39 is 0 Å². The Labute approximate surface area is 134 Å². The van der Waals surface area contributed by atoms with Gasteiger partial charge in [0.1, 0.15) is 0 Å². The second-order valence-electron chi connectivity index (χ2n) is 6.08. The third-order valence-electron chi connectivity index (χ3n) is 4.05. The number of nitrogens with zero attached hydrogens (tertiary/aromatic N) is 3. The van der Waals surface area contributed by atoms with Crippen LogP contribution in [0.25, 0.3) is 0 Å². The van der Waals surface area contributed by atoms with Crippen LogP contribution in [0.2, 0.25) is 0 Å². The molecular formula is C16H21N3O2S. The number of Topliss-reactive ketones (excluding diaryl/α,β-unsaturated/α-hetero) is 1. The molecule has 6 heteroatoms. The van der Waals surface area contributed by atoms with Gasteiger partial charge in [0.05, 0.1) is 11.4 Å². The maximum atomic E-state index is 11.3. The molecule has 1 fully saturated rings. The zero-order valence-electron chi connectivity index (χ0n) is 13.0. The van der Waals surface area contributed by atoms with Crippen molar-refractivity contribution in [1.29, 1.82) is 0 Å². The van der Waals surface area contributed by atoms with Crippen LogP contribution < -0.4 is 0 Å². The third-order valence-corrected chi connectivity index (χ3v) is 5.13. The first-order chi connectivity index (χ1) is 10.6. The number of aromatic nitrogens is 2. The normalized spacial score (nSPS) is 15.8. The lowest BCUT2D eigenvalue weighted by atomic mass is 10.1. The fraction of sp³-hybridized carbons (Fsp3) is 0.562. The second kappa shape index (κ2) is 6.71. The lowest BCUT2D eigenvalue weighted by molar-refractivity contribution is 0.102. The Hall–Kier alpha value is -1.53. The average molecular weight is 319 g/mol. The van der Waals surface area contributed by atoms with E-state index in [1.165, 1.54) is 37.0 Å². The standard InChI is InChI=1S/C16H21N3O2S/c1-11(20)14-7-12(10-22-14)8-19(2)9-15-17-16(21-18-15)13-5-3-4-6-13/h7,10,13H,3-6,8-9H2,1-2H3. The van der Waals surface area contributed by atoms with Crippen LogP contribution in [-0.4, -0.2) is 27.9 Å². The van der Waals surface area contributed by atoms with E-state index in [1.54, 1.807) is 6.92 Å². The van der Waals surface area contributed by atoms with Crippen molar-refractivity contribution >= 4 is 17.1 Å². The molecule has 0 unspecified atom stereocenters. The largest absolute Gasteiger partial charge is 0.339 e. The van der Waals surface area contributed by atoms with Crippen molar-refractivity contribution in [3.8, 4) is 0 Å². The van der Waals surface area contributed by atoms with Gasteiger partial charge in [0, 0.05) is 12.5 Å². The van der Waals surface area contributed by atoms with E-state index in [1.807, 2.05) is 18.5 Å². The predicted molar refractivity (Wildman–Crippen MR) is 85.0 cm³/mol. The zero-order valence-corrected chi connectivity index (χ0v) is 13.9. The van der Waals surface area contributed by atoms with Gasteiger partial charge < -0.3 is 4.52 Å². The van der Waals surface area contributed by atoms with Gasteiger partial charge in [0.25, 0.3) is 0 Å². The Morgan fingerprint density at radius 1 is 1.41 bits per heavy atom. The fourth-order valence-corrected chi connectivity index (χ4v) is 3.73. The highest BCUT2D eigenvalue weighted by Crippen LogP contribution is 2.32. The summed E-state index contributed by atoms with van der Waals surface area (Å²) in [7, 11) is 2.02. The van der Waals surface area contributed by atoms with Crippen LogP contribution in [0.3, 0.4) is 0 Å². The van der Waals surface area contributed by atoms with Crippen molar-refractivity contribution in [2.45, 2.75) is 51.6 Å². The van der Waals surface area contributed by atoms with E-state index in [4.69, 9.17) is 4.52 Å². The van der Waals surface area contributed by atoms with E-state index in [0.717, 1.165) is 28.7 Å². The fourth-order valence-electron chi connectivity index (χ4n) is 2.92. The Bertz CT molecular complexity index is 643. The quantitative estimate of drug-likeness (QED) is 0.761. The van der Waals surface area contributed by atoms with Gasteiger partial charge in [-0.2, -0.15) is 4.98 Å². The molecule has 0 aromatic carbocycles. The first-order valence-corrected chi connectivity index (χ1v) is 8.59. The summed E-state index contributed by atoms with van der Waals surface area (Å²) in [4.78, 5) is 18.8. The van der Waals surface area contributed by atoms with Gasteiger partial charge in [0.2, 0.25) is 5.89 Å². The molecule has 0 radical (unpaired) electrons. The van der Waals surface area contributed by atoms with Gasteiger partial charge in [-0.15, -0.1) is 11.3 Å². The van der Waals surface area contributed by atoms with Gasteiger partial charge >= 0.3 is 0 Å². The van der Waals surface area contributed by atoms with Crippen LogP contribution in [0.1, 0.15) is 65.5 Å². The second-order valence-corrected chi connectivity index (χ2v) is 6.99. The monoisotopic (exact) mass is 319 g/mol. The Morgan fingerprint density at radius 3 is 2.86 bits per heavy atom. The molecule has 3 rings (SSSR count). The van der Waals surface area contributed by atoms with Crippen molar-refractivity contribution in [3.05, 3.63) is 33.6 Å². The summed E-state index contributed by atoms with van der Waals surface area (Å²) in [6, 6.07) is 1.96. The van der Waals surface area contributed by atoms with Crippen LogP contribution in [0.4, 0.5) is 0 Å². The van der Waals surface area contributed by atoms with Crippen molar-refractivity contribution in [1.82, 2.24) is 15.0 Å². The molecule has 0 spiro atoms. The molecule has 1 saturated carbocycles. The van der Waals surface area contributed by atoms with E-state index in [0.29, 0.717) is 12.5 Å². The summed E-state index contributed by atoms with van der Waals surface area (Å²) in [5.74, 6) is 2.13. The van der Waals surface area contributed by atoms with Crippen molar-refractivity contribution < 1.29 is 9.32 Å². The van der Waals surface area contributed by atoms with Gasteiger partial charge in [0.15, 0.2) is 11.6 Å². The van der Waals surface area contributed by atoms with Crippen LogP contribution >= 0.6 is 11.3 Å². The molecule has 2 heterocycles. The van der Waals surface area contributed by atoms with Gasteiger partial charge in [-0.05, 0) is 43.8 Å². The summed E-state index contributed by atoms with van der Waals surface area (Å²) in [6.45, 7) is 3.03. The minimum Gasteiger partial charge on any atom is -0.339 e. The molecule has 1 aliphatic carbocycles. The van der Waals surface area contributed by atoms with Crippen molar-refractivity contribution in [2.75, 3.05) is 7.05 Å². The maximum Gasteiger partial charge on any atom is 0.229 e. The van der Waals surface area contributed by atoms with E-state index >= 15 is 0 Å². The van der Waals surface area contributed by atoms with Crippen LogP contribution in [0.5, 0.6) is 0 Å². The smallest absolute Gasteiger partial charge is 0.229 e. The van der Waals surface area contributed by atoms with Gasteiger partial charge in [-0.1, -0.05) is 18.0 Å².